The number of thiazole rings is 1. The lowest BCUT2D eigenvalue weighted by atomic mass is 10.2. The lowest BCUT2D eigenvalue weighted by molar-refractivity contribution is -0.0565. The van der Waals surface area contributed by atoms with E-state index >= 15 is 0 Å². The molecule has 5 heteroatoms. The fourth-order valence-electron chi connectivity index (χ4n) is 2.02. The second kappa shape index (κ2) is 6.98. The van der Waals surface area contributed by atoms with Crippen LogP contribution in [0.5, 0.6) is 0 Å². The Morgan fingerprint density at radius 2 is 1.95 bits per heavy atom. The Morgan fingerprint density at radius 1 is 1.35 bits per heavy atom. The third-order valence-corrected chi connectivity index (χ3v) is 4.43. The van der Waals surface area contributed by atoms with Crippen molar-refractivity contribution < 1.29 is 9.84 Å². The van der Waals surface area contributed by atoms with E-state index in [9.17, 15) is 5.11 Å². The summed E-state index contributed by atoms with van der Waals surface area (Å²) in [6, 6.07) is 0.255. The van der Waals surface area contributed by atoms with Crippen LogP contribution in [0.3, 0.4) is 0 Å². The van der Waals surface area contributed by atoms with Crippen molar-refractivity contribution in [2.45, 2.75) is 59.3 Å². The maximum absolute atomic E-state index is 10.1. The van der Waals surface area contributed by atoms with Crippen molar-refractivity contribution in [3.8, 4) is 0 Å². The van der Waals surface area contributed by atoms with Crippen LogP contribution in [0.4, 0.5) is 0 Å². The number of aliphatic hydroxyl groups is 1. The van der Waals surface area contributed by atoms with E-state index < -0.39 is 6.10 Å². The summed E-state index contributed by atoms with van der Waals surface area (Å²) in [6.07, 6.45) is -0.476. The van der Waals surface area contributed by atoms with Gasteiger partial charge in [0.1, 0.15) is 0 Å². The third kappa shape index (κ3) is 5.48. The molecule has 0 bridgehead atoms. The molecule has 1 N–H and O–H groups in total. The van der Waals surface area contributed by atoms with Crippen LogP contribution in [0.2, 0.25) is 0 Å². The van der Waals surface area contributed by atoms with Crippen molar-refractivity contribution in [1.82, 2.24) is 9.88 Å². The topological polar surface area (TPSA) is 45.6 Å². The molecule has 4 nitrogen and oxygen atoms in total. The molecule has 0 fully saturated rings. The van der Waals surface area contributed by atoms with Crippen molar-refractivity contribution in [1.29, 1.82) is 0 Å². The van der Waals surface area contributed by atoms with Gasteiger partial charge in [-0.2, -0.15) is 0 Å². The molecule has 2 unspecified atom stereocenters. The van der Waals surface area contributed by atoms with Crippen LogP contribution in [0.25, 0.3) is 0 Å². The van der Waals surface area contributed by atoms with Gasteiger partial charge in [0.25, 0.3) is 0 Å². The first-order valence-corrected chi connectivity index (χ1v) is 7.88. The van der Waals surface area contributed by atoms with E-state index in [0.717, 1.165) is 10.7 Å². The monoisotopic (exact) mass is 300 g/mol. The second-order valence-corrected chi connectivity index (χ2v) is 7.61. The van der Waals surface area contributed by atoms with Crippen LogP contribution < -0.4 is 0 Å². The molecule has 2 atom stereocenters. The molecule has 0 saturated heterocycles. The van der Waals surface area contributed by atoms with Crippen molar-refractivity contribution in [2.24, 2.45) is 0 Å². The van der Waals surface area contributed by atoms with Crippen LogP contribution in [-0.2, 0) is 4.74 Å². The molecular weight excluding hydrogens is 272 g/mol. The summed E-state index contributed by atoms with van der Waals surface area (Å²) in [5.41, 5.74) is 0.878. The first-order chi connectivity index (χ1) is 9.10. The highest BCUT2D eigenvalue weighted by Crippen LogP contribution is 2.28. The molecule has 1 heterocycles. The summed E-state index contributed by atoms with van der Waals surface area (Å²) < 4.78 is 5.62. The predicted octanol–water partition coefficient (Wildman–Crippen LogP) is 2.93. The Labute approximate surface area is 126 Å². The number of hydrogen-bond acceptors (Lipinski definition) is 5. The zero-order chi connectivity index (χ0) is 15.5. The van der Waals surface area contributed by atoms with E-state index in [-0.39, 0.29) is 11.6 Å². The van der Waals surface area contributed by atoms with Gasteiger partial charge in [-0.3, -0.25) is 4.90 Å². The van der Waals surface area contributed by atoms with Gasteiger partial charge in [-0.25, -0.2) is 4.98 Å². The number of rotatable bonds is 6. The molecule has 1 rings (SSSR count). The Hall–Kier alpha value is -0.490. The molecule has 0 radical (unpaired) electrons. The molecule has 0 amide bonds. The van der Waals surface area contributed by atoms with E-state index in [1.807, 2.05) is 41.7 Å². The van der Waals surface area contributed by atoms with Gasteiger partial charge >= 0.3 is 0 Å². The lowest BCUT2D eigenvalue weighted by Crippen LogP contribution is -2.36. The summed E-state index contributed by atoms with van der Waals surface area (Å²) in [4.78, 5) is 7.89. The van der Waals surface area contributed by atoms with Gasteiger partial charge < -0.3 is 9.84 Å². The van der Waals surface area contributed by atoms with Gasteiger partial charge in [0.2, 0.25) is 0 Å². The normalized spacial score (nSPS) is 15.7. The highest BCUT2D eigenvalue weighted by atomic mass is 32.1. The van der Waals surface area contributed by atoms with E-state index in [1.54, 1.807) is 11.3 Å². The minimum absolute atomic E-state index is 0.212. The van der Waals surface area contributed by atoms with Crippen molar-refractivity contribution in [3.63, 3.8) is 0 Å². The van der Waals surface area contributed by atoms with Gasteiger partial charge in [-0.05, 0) is 48.6 Å². The van der Waals surface area contributed by atoms with E-state index in [4.69, 9.17) is 4.74 Å². The molecule has 116 valence electrons. The molecule has 20 heavy (non-hydrogen) atoms. The number of likely N-dealkylation sites (N-methyl/N-ethyl adjacent to an activating group) is 1. The third-order valence-electron chi connectivity index (χ3n) is 3.19. The van der Waals surface area contributed by atoms with Gasteiger partial charge in [-0.1, -0.05) is 0 Å². The fourth-order valence-corrected chi connectivity index (χ4v) is 3.07. The Morgan fingerprint density at radius 3 is 2.40 bits per heavy atom. The maximum Gasteiger partial charge on any atom is 0.0900 e. The summed E-state index contributed by atoms with van der Waals surface area (Å²) in [6.45, 7) is 13.2. The minimum atomic E-state index is -0.476. The van der Waals surface area contributed by atoms with Crippen molar-refractivity contribution in [3.05, 3.63) is 15.6 Å². The molecule has 0 aliphatic carbocycles. The quantitative estimate of drug-likeness (QED) is 0.877. The first kappa shape index (κ1) is 17.6. The number of ether oxygens (including phenoxy) is 1. The summed E-state index contributed by atoms with van der Waals surface area (Å²) >= 11 is 1.73. The highest BCUT2D eigenvalue weighted by molar-refractivity contribution is 7.11. The van der Waals surface area contributed by atoms with Crippen molar-refractivity contribution in [2.75, 3.05) is 20.2 Å². The predicted molar refractivity (Wildman–Crippen MR) is 84.3 cm³/mol. The molecule has 0 aliphatic rings. The SMILES string of the molecule is Cc1nc(C)c(C(C)N(C)CC(O)COC(C)(C)C)s1. The first-order valence-electron chi connectivity index (χ1n) is 7.06. The molecular formula is C15H28N2O2S. The highest BCUT2D eigenvalue weighted by Gasteiger charge is 2.21. The summed E-state index contributed by atoms with van der Waals surface area (Å²) in [5, 5.41) is 11.2. The maximum atomic E-state index is 10.1. The van der Waals surface area contributed by atoms with Gasteiger partial charge in [0.05, 0.1) is 29.0 Å². The van der Waals surface area contributed by atoms with Crippen LogP contribution >= 0.6 is 11.3 Å². The lowest BCUT2D eigenvalue weighted by Gasteiger charge is -2.28. The number of aliphatic hydroxyl groups excluding tert-OH is 1. The molecule has 0 aliphatic heterocycles. The van der Waals surface area contributed by atoms with Gasteiger partial charge in [-0.15, -0.1) is 11.3 Å². The standard InChI is InChI=1S/C15H28N2O2S/c1-10-14(20-12(3)16-10)11(2)17(7)8-13(18)9-19-15(4,5)6/h11,13,18H,8-9H2,1-7H3. The number of nitrogens with zero attached hydrogens (tertiary/aromatic N) is 2. The van der Waals surface area contributed by atoms with E-state index in [1.165, 1.54) is 4.88 Å². The Kier molecular flexibility index (Phi) is 6.13. The van der Waals surface area contributed by atoms with Crippen molar-refractivity contribution >= 4 is 11.3 Å². The van der Waals surface area contributed by atoms with Gasteiger partial charge in [0.15, 0.2) is 0 Å². The van der Waals surface area contributed by atoms with E-state index in [2.05, 4.69) is 16.8 Å². The largest absolute Gasteiger partial charge is 0.389 e. The van der Waals surface area contributed by atoms with Crippen LogP contribution in [-0.4, -0.2) is 46.9 Å². The summed E-state index contributed by atoms with van der Waals surface area (Å²) in [5.74, 6) is 0. The number of hydrogen-bond donors (Lipinski definition) is 1. The van der Waals surface area contributed by atoms with Crippen LogP contribution in [0.1, 0.15) is 49.3 Å². The van der Waals surface area contributed by atoms with Crippen LogP contribution in [0, 0.1) is 13.8 Å². The van der Waals surface area contributed by atoms with E-state index in [0.29, 0.717) is 13.2 Å². The Balaban J connectivity index is 2.53. The van der Waals surface area contributed by atoms with Gasteiger partial charge in [0, 0.05) is 17.5 Å². The Bertz CT molecular complexity index is 426. The molecule has 0 aromatic carbocycles. The molecule has 1 aromatic heterocycles. The number of aryl methyl sites for hydroxylation is 2. The van der Waals surface area contributed by atoms with Crippen LogP contribution in [0.15, 0.2) is 0 Å². The average molecular weight is 300 g/mol. The fraction of sp³-hybridized carbons (Fsp3) is 0.800. The second-order valence-electron chi connectivity index (χ2n) is 6.38. The molecule has 0 spiro atoms. The molecule has 0 saturated carbocycles. The average Bonchev–Trinajstić information content (AvgIpc) is 2.64. The molecule has 1 aromatic rings. The zero-order valence-corrected chi connectivity index (χ0v) is 14.5. The smallest absolute Gasteiger partial charge is 0.0900 e. The summed E-state index contributed by atoms with van der Waals surface area (Å²) in [7, 11) is 2.03. The zero-order valence-electron chi connectivity index (χ0n) is 13.7. The minimum Gasteiger partial charge on any atom is -0.389 e. The number of aromatic nitrogens is 1.